The molecule has 0 aliphatic rings. The molecule has 3 rings (SSSR count). The Bertz CT molecular complexity index is 913. The van der Waals surface area contributed by atoms with Gasteiger partial charge in [-0.25, -0.2) is 13.8 Å². The maximum Gasteiger partial charge on any atom is 0.283 e. The van der Waals surface area contributed by atoms with Crippen molar-refractivity contribution in [1.29, 1.82) is 0 Å². The van der Waals surface area contributed by atoms with Crippen LogP contribution in [0.4, 0.5) is 14.7 Å². The molecule has 26 heavy (non-hydrogen) atoms. The molecule has 10 heteroatoms. The van der Waals surface area contributed by atoms with E-state index in [1.54, 1.807) is 0 Å². The zero-order valence-corrected chi connectivity index (χ0v) is 13.6. The van der Waals surface area contributed by atoms with E-state index in [1.807, 2.05) is 30.3 Å². The third-order valence-corrected chi connectivity index (χ3v) is 3.57. The van der Waals surface area contributed by atoms with Gasteiger partial charge in [-0.05, 0) is 5.56 Å². The van der Waals surface area contributed by atoms with Crippen LogP contribution in [0.25, 0.3) is 11.2 Å². The van der Waals surface area contributed by atoms with Gasteiger partial charge < -0.3 is 15.2 Å². The van der Waals surface area contributed by atoms with Gasteiger partial charge in [-0.15, -0.1) is 0 Å². The average Bonchev–Trinajstić information content (AvgIpc) is 3.02. The van der Waals surface area contributed by atoms with E-state index in [0.29, 0.717) is 6.61 Å². The first kappa shape index (κ1) is 18.0. The van der Waals surface area contributed by atoms with Crippen molar-refractivity contribution in [3.05, 3.63) is 52.6 Å². The number of H-pyrrole nitrogens is 1. The molecule has 0 saturated carbocycles. The second kappa shape index (κ2) is 8.02. The van der Waals surface area contributed by atoms with Gasteiger partial charge in [0.15, 0.2) is 17.4 Å². The van der Waals surface area contributed by atoms with Gasteiger partial charge in [-0.1, -0.05) is 30.3 Å². The molecule has 0 saturated heterocycles. The minimum atomic E-state index is -2.86. The number of imidazole rings is 1. The van der Waals surface area contributed by atoms with Crippen molar-refractivity contribution in [2.45, 2.75) is 19.3 Å². The number of rotatable bonds is 8. The topological polar surface area (TPSA) is 108 Å². The predicted octanol–water partition coefficient (Wildman–Crippen LogP) is 1.70. The number of nitrogen functional groups attached to an aromatic ring is 1. The van der Waals surface area contributed by atoms with Crippen molar-refractivity contribution in [2.75, 3.05) is 18.9 Å². The number of hydrogen-bond donors (Lipinski definition) is 2. The summed E-state index contributed by atoms with van der Waals surface area (Å²) in [5, 5.41) is 0. The fourth-order valence-corrected chi connectivity index (χ4v) is 2.40. The molecule has 1 atom stereocenters. The fraction of sp³-hybridized carbons (Fsp3) is 0.312. The molecule has 0 bridgehead atoms. The van der Waals surface area contributed by atoms with Gasteiger partial charge in [0.1, 0.15) is 0 Å². The number of hydrogen-bond acceptors (Lipinski definition) is 6. The van der Waals surface area contributed by atoms with Crippen LogP contribution in [0.3, 0.4) is 0 Å². The zero-order chi connectivity index (χ0) is 18.5. The molecule has 1 unspecified atom stereocenters. The van der Waals surface area contributed by atoms with E-state index in [4.69, 9.17) is 15.2 Å². The Hall–Kier alpha value is -2.85. The van der Waals surface area contributed by atoms with Crippen molar-refractivity contribution >= 4 is 17.1 Å². The Morgan fingerprint density at radius 3 is 2.73 bits per heavy atom. The van der Waals surface area contributed by atoms with Crippen LogP contribution < -0.4 is 11.3 Å². The molecule has 2 aromatic heterocycles. The first-order valence-electron chi connectivity index (χ1n) is 7.80. The number of aromatic amines is 1. The minimum Gasteiger partial charge on any atom is -0.374 e. The van der Waals surface area contributed by atoms with Crippen LogP contribution in [-0.4, -0.2) is 39.2 Å². The van der Waals surface area contributed by atoms with Crippen LogP contribution in [0.5, 0.6) is 0 Å². The first-order chi connectivity index (χ1) is 12.6. The predicted molar refractivity (Wildman–Crippen MR) is 89.7 cm³/mol. The summed E-state index contributed by atoms with van der Waals surface area (Å²) in [4.78, 5) is 21.7. The average molecular weight is 365 g/mol. The second-order valence-electron chi connectivity index (χ2n) is 5.41. The third kappa shape index (κ3) is 4.03. The lowest BCUT2D eigenvalue weighted by Crippen LogP contribution is -2.23. The van der Waals surface area contributed by atoms with Crippen LogP contribution >= 0.6 is 0 Å². The molecule has 0 aliphatic carbocycles. The van der Waals surface area contributed by atoms with Crippen molar-refractivity contribution in [2.24, 2.45) is 0 Å². The molecule has 3 aromatic rings. The number of anilines is 1. The van der Waals surface area contributed by atoms with E-state index in [-0.39, 0.29) is 30.3 Å². The van der Waals surface area contributed by atoms with E-state index in [1.165, 1.54) is 0 Å². The normalized spacial score (nSPS) is 12.7. The molecular weight excluding hydrogens is 348 g/mol. The molecule has 8 nitrogen and oxygen atoms in total. The van der Waals surface area contributed by atoms with Gasteiger partial charge in [0.05, 0.1) is 26.1 Å². The largest absolute Gasteiger partial charge is 0.374 e. The van der Waals surface area contributed by atoms with E-state index in [2.05, 4.69) is 15.0 Å². The smallest absolute Gasteiger partial charge is 0.283 e. The third-order valence-electron chi connectivity index (χ3n) is 3.57. The number of alkyl halides is 2. The molecule has 138 valence electrons. The second-order valence-corrected chi connectivity index (χ2v) is 5.41. The van der Waals surface area contributed by atoms with E-state index < -0.39 is 18.2 Å². The van der Waals surface area contributed by atoms with Crippen LogP contribution in [0.2, 0.25) is 0 Å². The molecule has 0 amide bonds. The number of nitrogens with two attached hydrogens (primary N) is 1. The molecule has 0 spiro atoms. The minimum absolute atomic E-state index is 0.0678. The van der Waals surface area contributed by atoms with Gasteiger partial charge in [-0.3, -0.25) is 14.3 Å². The summed E-state index contributed by atoms with van der Waals surface area (Å²) in [7, 11) is 0. The maximum absolute atomic E-state index is 13.4. The van der Waals surface area contributed by atoms with Crippen LogP contribution in [-0.2, 0) is 16.1 Å². The summed E-state index contributed by atoms with van der Waals surface area (Å²) in [6, 6.07) is 9.45. The monoisotopic (exact) mass is 365 g/mol. The van der Waals surface area contributed by atoms with Crippen molar-refractivity contribution in [3.63, 3.8) is 0 Å². The van der Waals surface area contributed by atoms with E-state index in [9.17, 15) is 13.6 Å². The quantitative estimate of drug-likeness (QED) is 0.588. The number of nitrogens with one attached hydrogen (secondary N) is 1. The Kier molecular flexibility index (Phi) is 5.54. The molecule has 3 N–H and O–H groups in total. The number of nitrogens with zero attached hydrogens (tertiary/aromatic N) is 3. The van der Waals surface area contributed by atoms with Gasteiger partial charge in [-0.2, -0.15) is 4.98 Å². The standard InChI is InChI=1S/C16H17F2N5O3/c17-12(18)15(26-7-6-25-8-10-4-2-1-3-5-10)23-9-20-11-13(23)21-16(19)22-14(11)24/h1-5,9,12,15H,6-8H2,(H3,19,21,22,24). The van der Waals surface area contributed by atoms with Gasteiger partial charge >= 0.3 is 0 Å². The van der Waals surface area contributed by atoms with Crippen molar-refractivity contribution in [1.82, 2.24) is 19.5 Å². The maximum atomic E-state index is 13.4. The lowest BCUT2D eigenvalue weighted by molar-refractivity contribution is -0.110. The SMILES string of the molecule is Nc1nc2c(ncn2C(OCCOCc2ccccc2)C(F)F)c(=O)[nH]1. The molecule has 0 radical (unpaired) electrons. The Labute approximate surface area is 146 Å². The van der Waals surface area contributed by atoms with Crippen LogP contribution in [0.15, 0.2) is 41.5 Å². The molecule has 0 aliphatic heterocycles. The number of benzene rings is 1. The number of halogens is 2. The van der Waals surface area contributed by atoms with Crippen LogP contribution in [0.1, 0.15) is 11.8 Å². The summed E-state index contributed by atoms with van der Waals surface area (Å²) in [5.74, 6) is -0.191. The van der Waals surface area contributed by atoms with Crippen molar-refractivity contribution < 1.29 is 18.3 Å². The summed E-state index contributed by atoms with van der Waals surface area (Å²) >= 11 is 0. The molecular formula is C16H17F2N5O3. The lowest BCUT2D eigenvalue weighted by atomic mass is 10.2. The number of fused-ring (bicyclic) bond motifs is 1. The summed E-state index contributed by atoms with van der Waals surface area (Å²) in [6.45, 7) is 0.409. The van der Waals surface area contributed by atoms with Gasteiger partial charge in [0.2, 0.25) is 5.95 Å². The van der Waals surface area contributed by atoms with Crippen LogP contribution in [0, 0.1) is 0 Å². The zero-order valence-electron chi connectivity index (χ0n) is 13.6. The highest BCUT2D eigenvalue weighted by Gasteiger charge is 2.26. The summed E-state index contributed by atoms with van der Waals surface area (Å²) in [5.41, 5.74) is 5.67. The fourth-order valence-electron chi connectivity index (χ4n) is 2.40. The number of aromatic nitrogens is 4. The lowest BCUT2D eigenvalue weighted by Gasteiger charge is -2.18. The molecule has 0 fully saturated rings. The Morgan fingerprint density at radius 2 is 2.00 bits per heavy atom. The molecule has 1 aromatic carbocycles. The van der Waals surface area contributed by atoms with Crippen molar-refractivity contribution in [3.8, 4) is 0 Å². The van der Waals surface area contributed by atoms with Gasteiger partial charge in [0, 0.05) is 0 Å². The summed E-state index contributed by atoms with van der Waals surface area (Å²) < 4.78 is 38.4. The molecule has 2 heterocycles. The van der Waals surface area contributed by atoms with E-state index >= 15 is 0 Å². The van der Waals surface area contributed by atoms with E-state index in [0.717, 1.165) is 16.5 Å². The Balaban J connectivity index is 1.64. The Morgan fingerprint density at radius 1 is 1.23 bits per heavy atom. The summed E-state index contributed by atoms with van der Waals surface area (Å²) in [6.07, 6.45) is -3.44. The van der Waals surface area contributed by atoms with Gasteiger partial charge in [0.25, 0.3) is 12.0 Å². The first-order valence-corrected chi connectivity index (χ1v) is 7.80. The highest BCUT2D eigenvalue weighted by Crippen LogP contribution is 2.22. The highest BCUT2D eigenvalue weighted by molar-refractivity contribution is 5.70. The number of ether oxygens (including phenoxy) is 2. The highest BCUT2D eigenvalue weighted by atomic mass is 19.3.